The van der Waals surface area contributed by atoms with Crippen LogP contribution < -0.4 is 4.90 Å². The highest BCUT2D eigenvalue weighted by atomic mass is 19.1. The van der Waals surface area contributed by atoms with Crippen molar-refractivity contribution < 1.29 is 23.9 Å². The van der Waals surface area contributed by atoms with Gasteiger partial charge in [-0.3, -0.25) is 9.59 Å². The van der Waals surface area contributed by atoms with Crippen molar-refractivity contribution in [3.05, 3.63) is 29.3 Å². The number of carboxylic acids is 1. The number of hydrogen-bond donors (Lipinski definition) is 1. The first-order chi connectivity index (χ1) is 10.8. The number of aryl methyl sites for hydroxylation is 1. The van der Waals surface area contributed by atoms with Gasteiger partial charge in [0, 0.05) is 37.7 Å². The van der Waals surface area contributed by atoms with E-state index in [1.54, 1.807) is 30.1 Å². The van der Waals surface area contributed by atoms with E-state index in [0.717, 1.165) is 11.3 Å². The van der Waals surface area contributed by atoms with Gasteiger partial charge in [0.25, 0.3) is 5.91 Å². The van der Waals surface area contributed by atoms with Crippen LogP contribution in [0, 0.1) is 0 Å². The summed E-state index contributed by atoms with van der Waals surface area (Å²) in [6.45, 7) is -0.353. The molecule has 1 atom stereocenters. The van der Waals surface area contributed by atoms with E-state index in [1.165, 1.54) is 4.90 Å². The van der Waals surface area contributed by atoms with Crippen molar-refractivity contribution in [1.82, 2.24) is 4.90 Å². The van der Waals surface area contributed by atoms with Gasteiger partial charge in [0.1, 0.15) is 0 Å². The maximum Gasteiger partial charge on any atom is 0.343 e. The summed E-state index contributed by atoms with van der Waals surface area (Å²) >= 11 is 0. The maximum atomic E-state index is 14.1. The van der Waals surface area contributed by atoms with Crippen LogP contribution in [0.4, 0.5) is 10.1 Å². The number of fused-ring (bicyclic) bond motifs is 1. The Hall–Kier alpha value is -2.44. The summed E-state index contributed by atoms with van der Waals surface area (Å²) in [6, 6.07) is 5.00. The lowest BCUT2D eigenvalue weighted by molar-refractivity contribution is -0.149. The zero-order chi connectivity index (χ0) is 16.8. The molecule has 1 aromatic carbocycles. The molecule has 7 heteroatoms. The van der Waals surface area contributed by atoms with Gasteiger partial charge < -0.3 is 14.9 Å². The lowest BCUT2D eigenvalue weighted by Crippen LogP contribution is -2.39. The number of carbonyl (C=O) groups excluding carboxylic acids is 2. The minimum absolute atomic E-state index is 0.0276. The van der Waals surface area contributed by atoms with Crippen molar-refractivity contribution in [3.8, 4) is 0 Å². The van der Waals surface area contributed by atoms with Crippen molar-refractivity contribution in [1.29, 1.82) is 0 Å². The average Bonchev–Trinajstić information content (AvgIpc) is 2.94. The second-order valence-electron chi connectivity index (χ2n) is 6.04. The highest BCUT2D eigenvalue weighted by Gasteiger charge is 2.47. The van der Waals surface area contributed by atoms with E-state index in [0.29, 0.717) is 18.4 Å². The molecule has 0 radical (unpaired) electrons. The van der Waals surface area contributed by atoms with Crippen molar-refractivity contribution >= 4 is 23.5 Å². The number of nitrogens with zero attached hydrogens (tertiary/aromatic N) is 2. The van der Waals surface area contributed by atoms with Crippen LogP contribution >= 0.6 is 0 Å². The molecule has 1 saturated heterocycles. The fourth-order valence-electron chi connectivity index (χ4n) is 3.09. The molecule has 1 N–H and O–H groups in total. The van der Waals surface area contributed by atoms with E-state index in [4.69, 9.17) is 5.11 Å². The summed E-state index contributed by atoms with van der Waals surface area (Å²) < 4.78 is 14.1. The molecule has 0 aliphatic carbocycles. The van der Waals surface area contributed by atoms with Crippen LogP contribution in [-0.4, -0.2) is 53.6 Å². The molecule has 122 valence electrons. The number of rotatable bonds is 2. The number of anilines is 1. The Kier molecular flexibility index (Phi) is 3.58. The van der Waals surface area contributed by atoms with Gasteiger partial charge >= 0.3 is 5.97 Å². The van der Waals surface area contributed by atoms with Crippen LogP contribution in [0.2, 0.25) is 0 Å². The van der Waals surface area contributed by atoms with Crippen LogP contribution in [-0.2, 0) is 16.0 Å². The predicted molar refractivity (Wildman–Crippen MR) is 80.2 cm³/mol. The smallest absolute Gasteiger partial charge is 0.343 e. The third kappa shape index (κ3) is 2.56. The minimum atomic E-state index is -2.36. The molecular formula is C16H17FN2O4. The molecule has 3 rings (SSSR count). The van der Waals surface area contributed by atoms with E-state index in [2.05, 4.69) is 0 Å². The van der Waals surface area contributed by atoms with Crippen molar-refractivity contribution in [2.24, 2.45) is 0 Å². The van der Waals surface area contributed by atoms with Crippen LogP contribution in [0.25, 0.3) is 0 Å². The van der Waals surface area contributed by atoms with Gasteiger partial charge in [0.05, 0.1) is 6.54 Å². The molecule has 2 aliphatic heterocycles. The normalized spacial score (nSPS) is 23.8. The summed E-state index contributed by atoms with van der Waals surface area (Å²) in [4.78, 5) is 37.9. The van der Waals surface area contributed by atoms with Crippen molar-refractivity contribution in [2.45, 2.75) is 24.9 Å². The van der Waals surface area contributed by atoms with Gasteiger partial charge in [-0.15, -0.1) is 0 Å². The number of aliphatic carboxylic acids is 1. The van der Waals surface area contributed by atoms with E-state index in [9.17, 15) is 18.8 Å². The standard InChI is InChI=1S/C16H17FN2O4/c1-18-12-4-2-11(8-10(12)3-5-13(18)20)14(21)19-7-6-16(17,9-19)15(22)23/h2,4,8H,3,5-7,9H2,1H3,(H,22,23). The van der Waals surface area contributed by atoms with Crippen LogP contribution in [0.3, 0.4) is 0 Å². The number of halogens is 1. The molecule has 1 unspecified atom stereocenters. The van der Waals surface area contributed by atoms with E-state index >= 15 is 0 Å². The molecule has 2 amide bonds. The Bertz CT molecular complexity index is 705. The number of carboxylic acid groups (broad SMARTS) is 1. The van der Waals surface area contributed by atoms with E-state index in [1.807, 2.05) is 0 Å². The molecular weight excluding hydrogens is 303 g/mol. The number of carbonyl (C=O) groups is 3. The lowest BCUT2D eigenvalue weighted by atomic mass is 9.98. The summed E-state index contributed by atoms with van der Waals surface area (Å²) in [5.74, 6) is -1.88. The fraction of sp³-hybridized carbons (Fsp3) is 0.438. The first-order valence-electron chi connectivity index (χ1n) is 7.43. The molecule has 2 aliphatic rings. The van der Waals surface area contributed by atoms with E-state index in [-0.39, 0.29) is 24.8 Å². The zero-order valence-corrected chi connectivity index (χ0v) is 12.7. The Morgan fingerprint density at radius 3 is 2.70 bits per heavy atom. The molecule has 1 fully saturated rings. The number of amides is 2. The summed E-state index contributed by atoms with van der Waals surface area (Å²) in [5.41, 5.74) is -0.316. The largest absolute Gasteiger partial charge is 0.479 e. The number of benzene rings is 1. The molecule has 2 heterocycles. The van der Waals surface area contributed by atoms with Crippen LogP contribution in [0.1, 0.15) is 28.8 Å². The third-order valence-electron chi connectivity index (χ3n) is 4.56. The van der Waals surface area contributed by atoms with Gasteiger partial charge in [0.2, 0.25) is 11.6 Å². The second kappa shape index (κ2) is 5.33. The highest BCUT2D eigenvalue weighted by molar-refractivity contribution is 5.99. The molecule has 6 nitrogen and oxygen atoms in total. The third-order valence-corrected chi connectivity index (χ3v) is 4.56. The number of alkyl halides is 1. The van der Waals surface area contributed by atoms with E-state index < -0.39 is 18.2 Å². The molecule has 0 bridgehead atoms. The second-order valence-corrected chi connectivity index (χ2v) is 6.04. The van der Waals surface area contributed by atoms with Crippen molar-refractivity contribution in [3.63, 3.8) is 0 Å². The first-order valence-corrected chi connectivity index (χ1v) is 7.43. The number of likely N-dealkylation sites (tertiary alicyclic amines) is 1. The zero-order valence-electron chi connectivity index (χ0n) is 12.7. The SMILES string of the molecule is CN1C(=O)CCc2cc(C(=O)N3CCC(F)(C(=O)O)C3)ccc21. The van der Waals surface area contributed by atoms with Crippen LogP contribution in [0.15, 0.2) is 18.2 Å². The number of hydrogen-bond acceptors (Lipinski definition) is 3. The highest BCUT2D eigenvalue weighted by Crippen LogP contribution is 2.30. The van der Waals surface area contributed by atoms with Gasteiger partial charge in [-0.1, -0.05) is 0 Å². The Balaban J connectivity index is 1.82. The summed E-state index contributed by atoms with van der Waals surface area (Å²) in [7, 11) is 1.69. The molecule has 1 aromatic rings. The van der Waals surface area contributed by atoms with Gasteiger partial charge in [0.15, 0.2) is 0 Å². The molecule has 0 saturated carbocycles. The van der Waals surface area contributed by atoms with Gasteiger partial charge in [-0.2, -0.15) is 0 Å². The Morgan fingerprint density at radius 2 is 2.04 bits per heavy atom. The minimum Gasteiger partial charge on any atom is -0.479 e. The Labute approximate surface area is 132 Å². The maximum absolute atomic E-state index is 14.1. The van der Waals surface area contributed by atoms with Gasteiger partial charge in [-0.25, -0.2) is 9.18 Å². The first kappa shape index (κ1) is 15.5. The summed E-state index contributed by atoms with van der Waals surface area (Å²) in [5, 5.41) is 8.90. The Morgan fingerprint density at radius 1 is 1.30 bits per heavy atom. The lowest BCUT2D eigenvalue weighted by Gasteiger charge is -2.26. The van der Waals surface area contributed by atoms with Crippen molar-refractivity contribution in [2.75, 3.05) is 25.0 Å². The molecule has 23 heavy (non-hydrogen) atoms. The fourth-order valence-corrected chi connectivity index (χ4v) is 3.09. The van der Waals surface area contributed by atoms with Gasteiger partial charge in [-0.05, 0) is 30.2 Å². The quantitative estimate of drug-likeness (QED) is 0.889. The predicted octanol–water partition coefficient (Wildman–Crippen LogP) is 1.23. The molecule has 0 aromatic heterocycles. The topological polar surface area (TPSA) is 77.9 Å². The molecule has 0 spiro atoms. The summed E-state index contributed by atoms with van der Waals surface area (Å²) in [6.07, 6.45) is 0.746. The average molecular weight is 320 g/mol. The van der Waals surface area contributed by atoms with Crippen LogP contribution in [0.5, 0.6) is 0 Å². The monoisotopic (exact) mass is 320 g/mol.